The Kier molecular flexibility index (Phi) is 2.55. The van der Waals surface area contributed by atoms with Gasteiger partial charge in [-0.1, -0.05) is 0 Å². The van der Waals surface area contributed by atoms with E-state index < -0.39 is 9.84 Å². The van der Waals surface area contributed by atoms with Crippen LogP contribution in [0.1, 0.15) is 0 Å². The van der Waals surface area contributed by atoms with Gasteiger partial charge in [-0.2, -0.15) is 5.10 Å². The zero-order valence-corrected chi connectivity index (χ0v) is 9.82. The number of aromatic amines is 1. The molecular weight excluding hydrogens is 242 g/mol. The number of aromatic hydroxyl groups is 1. The van der Waals surface area contributed by atoms with E-state index in [9.17, 15) is 13.5 Å². The summed E-state index contributed by atoms with van der Waals surface area (Å²) < 4.78 is 22.6. The standard InChI is InChI=1S/C10H11N3O3S/c1-17(15,16)6-2-3-7(9(14)4-6)8-5-10(11)13-12-8/h2-5,14H,1H3,(H3,11,12,13). The van der Waals surface area contributed by atoms with Crippen LogP contribution < -0.4 is 5.73 Å². The van der Waals surface area contributed by atoms with Crippen molar-refractivity contribution in [2.75, 3.05) is 12.0 Å². The molecule has 0 bridgehead atoms. The second-order valence-corrected chi connectivity index (χ2v) is 5.67. The van der Waals surface area contributed by atoms with E-state index in [2.05, 4.69) is 10.2 Å². The van der Waals surface area contributed by atoms with Crippen molar-refractivity contribution in [2.45, 2.75) is 4.90 Å². The third-order valence-electron chi connectivity index (χ3n) is 2.29. The lowest BCUT2D eigenvalue weighted by atomic mass is 10.1. The molecule has 6 nitrogen and oxygen atoms in total. The highest BCUT2D eigenvalue weighted by Gasteiger charge is 2.12. The number of sulfone groups is 1. The van der Waals surface area contributed by atoms with E-state index >= 15 is 0 Å². The predicted molar refractivity (Wildman–Crippen MR) is 63.2 cm³/mol. The summed E-state index contributed by atoms with van der Waals surface area (Å²) in [6.45, 7) is 0. The molecule has 0 unspecified atom stereocenters. The Morgan fingerprint density at radius 1 is 1.35 bits per heavy atom. The Bertz CT molecular complexity index is 661. The van der Waals surface area contributed by atoms with Gasteiger partial charge >= 0.3 is 0 Å². The van der Waals surface area contributed by atoms with Gasteiger partial charge in [-0.25, -0.2) is 8.42 Å². The summed E-state index contributed by atoms with van der Waals surface area (Å²) in [6, 6.07) is 5.66. The molecule has 0 saturated heterocycles. The van der Waals surface area contributed by atoms with Crippen LogP contribution in [-0.2, 0) is 9.84 Å². The van der Waals surface area contributed by atoms with Crippen molar-refractivity contribution in [1.29, 1.82) is 0 Å². The molecule has 0 amide bonds. The van der Waals surface area contributed by atoms with Crippen molar-refractivity contribution in [2.24, 2.45) is 0 Å². The molecule has 7 heteroatoms. The maximum Gasteiger partial charge on any atom is 0.175 e. The molecule has 0 fully saturated rings. The number of benzene rings is 1. The van der Waals surface area contributed by atoms with Crippen LogP contribution >= 0.6 is 0 Å². The lowest BCUT2D eigenvalue weighted by Gasteiger charge is -2.04. The Balaban J connectivity index is 2.53. The van der Waals surface area contributed by atoms with Crippen molar-refractivity contribution in [3.63, 3.8) is 0 Å². The second kappa shape index (κ2) is 3.77. The maximum atomic E-state index is 11.3. The van der Waals surface area contributed by atoms with Gasteiger partial charge in [0, 0.05) is 17.9 Å². The molecule has 1 aromatic carbocycles. The minimum Gasteiger partial charge on any atom is -0.507 e. The number of rotatable bonds is 2. The number of anilines is 1. The highest BCUT2D eigenvalue weighted by Crippen LogP contribution is 2.30. The molecule has 1 aromatic heterocycles. The number of hydrogen-bond acceptors (Lipinski definition) is 5. The van der Waals surface area contributed by atoms with Crippen LogP contribution in [0.3, 0.4) is 0 Å². The topological polar surface area (TPSA) is 109 Å². The first kappa shape index (κ1) is 11.5. The number of nitrogens with two attached hydrogens (primary N) is 1. The number of H-pyrrole nitrogens is 1. The SMILES string of the molecule is CS(=O)(=O)c1ccc(-c2cc(N)n[nH]2)c(O)c1. The van der Waals surface area contributed by atoms with Gasteiger partial charge in [0.05, 0.1) is 10.6 Å². The van der Waals surface area contributed by atoms with Crippen LogP contribution in [0.15, 0.2) is 29.2 Å². The number of nitrogen functional groups attached to an aromatic ring is 1. The summed E-state index contributed by atoms with van der Waals surface area (Å²) in [5, 5.41) is 16.1. The van der Waals surface area contributed by atoms with Gasteiger partial charge in [-0.05, 0) is 18.2 Å². The van der Waals surface area contributed by atoms with Gasteiger partial charge in [-0.15, -0.1) is 0 Å². The van der Waals surface area contributed by atoms with Crippen LogP contribution in [0.4, 0.5) is 5.82 Å². The number of phenolic OH excluding ortho intramolecular Hbond substituents is 1. The molecule has 2 aromatic rings. The molecule has 1 heterocycles. The van der Waals surface area contributed by atoms with Crippen LogP contribution in [0.2, 0.25) is 0 Å². The van der Waals surface area contributed by atoms with E-state index in [1.54, 1.807) is 6.07 Å². The minimum atomic E-state index is -3.33. The highest BCUT2D eigenvalue weighted by molar-refractivity contribution is 7.90. The first-order chi connectivity index (χ1) is 7.88. The van der Waals surface area contributed by atoms with Gasteiger partial charge in [0.25, 0.3) is 0 Å². The van der Waals surface area contributed by atoms with Crippen molar-refractivity contribution in [3.05, 3.63) is 24.3 Å². The largest absolute Gasteiger partial charge is 0.507 e. The highest BCUT2D eigenvalue weighted by atomic mass is 32.2. The summed E-state index contributed by atoms with van der Waals surface area (Å²) in [7, 11) is -3.33. The monoisotopic (exact) mass is 253 g/mol. The molecule has 90 valence electrons. The molecule has 0 saturated carbocycles. The Labute approximate surface area is 98.0 Å². The van der Waals surface area contributed by atoms with Crippen LogP contribution in [0.25, 0.3) is 11.3 Å². The van der Waals surface area contributed by atoms with Crippen molar-refractivity contribution >= 4 is 15.7 Å². The minimum absolute atomic E-state index is 0.0613. The third-order valence-corrected chi connectivity index (χ3v) is 3.40. The molecule has 0 spiro atoms. The lowest BCUT2D eigenvalue weighted by Crippen LogP contribution is -1.96. The fourth-order valence-corrected chi connectivity index (χ4v) is 2.09. The van der Waals surface area contributed by atoms with E-state index in [-0.39, 0.29) is 10.6 Å². The zero-order chi connectivity index (χ0) is 12.6. The Morgan fingerprint density at radius 2 is 2.06 bits per heavy atom. The molecule has 4 N–H and O–H groups in total. The summed E-state index contributed by atoms with van der Waals surface area (Å²) in [5.74, 6) is 0.156. The first-order valence-corrected chi connectivity index (χ1v) is 6.61. The summed E-state index contributed by atoms with van der Waals surface area (Å²) in [5.41, 5.74) is 6.42. The molecule has 0 radical (unpaired) electrons. The molecule has 17 heavy (non-hydrogen) atoms. The molecule has 0 aliphatic rings. The van der Waals surface area contributed by atoms with Crippen molar-refractivity contribution in [1.82, 2.24) is 10.2 Å². The predicted octanol–water partition coefficient (Wildman–Crippen LogP) is 0.768. The number of nitrogens with zero attached hydrogens (tertiary/aromatic N) is 1. The summed E-state index contributed by atoms with van der Waals surface area (Å²) in [6.07, 6.45) is 1.08. The van der Waals surface area contributed by atoms with E-state index in [1.165, 1.54) is 18.2 Å². The van der Waals surface area contributed by atoms with Crippen molar-refractivity contribution < 1.29 is 13.5 Å². The van der Waals surface area contributed by atoms with E-state index in [4.69, 9.17) is 5.73 Å². The number of aromatic nitrogens is 2. The molecule has 2 rings (SSSR count). The second-order valence-electron chi connectivity index (χ2n) is 3.66. The number of nitrogens with one attached hydrogen (secondary N) is 1. The number of phenols is 1. The van der Waals surface area contributed by atoms with Crippen molar-refractivity contribution in [3.8, 4) is 17.0 Å². The zero-order valence-electron chi connectivity index (χ0n) is 9.01. The molecular formula is C10H11N3O3S. The fourth-order valence-electron chi connectivity index (χ4n) is 1.45. The average Bonchev–Trinajstić information content (AvgIpc) is 2.63. The normalized spacial score (nSPS) is 11.6. The summed E-state index contributed by atoms with van der Waals surface area (Å²) >= 11 is 0. The van der Waals surface area contributed by atoms with Gasteiger partial charge < -0.3 is 10.8 Å². The maximum absolute atomic E-state index is 11.3. The van der Waals surface area contributed by atoms with Gasteiger partial charge in [-0.3, -0.25) is 5.10 Å². The lowest BCUT2D eigenvalue weighted by molar-refractivity contribution is 0.475. The number of hydrogen-bond donors (Lipinski definition) is 3. The van der Waals surface area contributed by atoms with E-state index in [0.29, 0.717) is 17.1 Å². The smallest absolute Gasteiger partial charge is 0.175 e. The first-order valence-electron chi connectivity index (χ1n) is 4.72. The molecule has 0 aliphatic heterocycles. The van der Waals surface area contributed by atoms with Gasteiger partial charge in [0.2, 0.25) is 0 Å². The van der Waals surface area contributed by atoms with Gasteiger partial charge in [0.15, 0.2) is 9.84 Å². The Morgan fingerprint density at radius 3 is 2.53 bits per heavy atom. The molecule has 0 aliphatic carbocycles. The van der Waals surface area contributed by atoms with Crippen LogP contribution in [0.5, 0.6) is 5.75 Å². The fraction of sp³-hybridized carbons (Fsp3) is 0.100. The van der Waals surface area contributed by atoms with E-state index in [0.717, 1.165) is 6.26 Å². The van der Waals surface area contributed by atoms with Crippen LogP contribution in [-0.4, -0.2) is 30.0 Å². The Hall–Kier alpha value is -2.02. The quantitative estimate of drug-likeness (QED) is 0.732. The molecule has 0 atom stereocenters. The third kappa shape index (κ3) is 2.23. The van der Waals surface area contributed by atoms with E-state index in [1.807, 2.05) is 0 Å². The average molecular weight is 253 g/mol. The van der Waals surface area contributed by atoms with Gasteiger partial charge in [0.1, 0.15) is 11.6 Å². The summed E-state index contributed by atoms with van der Waals surface area (Å²) in [4.78, 5) is 0.0613. The van der Waals surface area contributed by atoms with Crippen LogP contribution in [0, 0.1) is 0 Å².